The first-order valence-corrected chi connectivity index (χ1v) is 7.43. The maximum absolute atomic E-state index is 14.5. The van der Waals surface area contributed by atoms with E-state index in [2.05, 4.69) is 9.97 Å². The number of nitrogens with two attached hydrogens (primary N) is 1. The number of rotatable bonds is 2. The predicted octanol–water partition coefficient (Wildman–Crippen LogP) is 2.16. The quantitative estimate of drug-likeness (QED) is 0.860. The Morgan fingerprint density at radius 2 is 1.65 bits per heavy atom. The average Bonchev–Trinajstić information content (AvgIpc) is 2.68. The molecule has 0 atom stereocenters. The van der Waals surface area contributed by atoms with E-state index in [9.17, 15) is 4.39 Å². The van der Waals surface area contributed by atoms with Gasteiger partial charge < -0.3 is 15.0 Å². The van der Waals surface area contributed by atoms with Crippen LogP contribution < -0.4 is 11.2 Å². The first kappa shape index (κ1) is 15.9. The number of hydrogen-bond donors (Lipinski definition) is 1. The molecule has 1 saturated heterocycles. The predicted molar refractivity (Wildman–Crippen MR) is 87.6 cm³/mol. The van der Waals surface area contributed by atoms with Crippen molar-refractivity contribution in [2.75, 3.05) is 5.73 Å². The summed E-state index contributed by atoms with van der Waals surface area (Å²) in [5.41, 5.74) is 6.07. The lowest BCUT2D eigenvalue weighted by atomic mass is 9.78. The van der Waals surface area contributed by atoms with Gasteiger partial charge in [-0.3, -0.25) is 4.98 Å². The fourth-order valence-corrected chi connectivity index (χ4v) is 2.41. The highest BCUT2D eigenvalue weighted by molar-refractivity contribution is 6.62. The Hall–Kier alpha value is -1.99. The van der Waals surface area contributed by atoms with Crippen molar-refractivity contribution >= 4 is 18.4 Å². The van der Waals surface area contributed by atoms with Gasteiger partial charge >= 0.3 is 7.12 Å². The van der Waals surface area contributed by atoms with E-state index in [4.69, 9.17) is 15.0 Å². The van der Waals surface area contributed by atoms with Gasteiger partial charge in [0.25, 0.3) is 0 Å². The second kappa shape index (κ2) is 5.28. The first-order chi connectivity index (χ1) is 10.7. The Morgan fingerprint density at radius 1 is 1.04 bits per heavy atom. The molecule has 1 aromatic heterocycles. The van der Waals surface area contributed by atoms with Crippen molar-refractivity contribution in [2.45, 2.75) is 38.9 Å². The van der Waals surface area contributed by atoms with Crippen molar-refractivity contribution in [3.05, 3.63) is 36.4 Å². The molecule has 0 radical (unpaired) electrons. The van der Waals surface area contributed by atoms with Crippen LogP contribution in [0.3, 0.4) is 0 Å². The lowest BCUT2D eigenvalue weighted by Gasteiger charge is -2.32. The van der Waals surface area contributed by atoms with Gasteiger partial charge in [0.15, 0.2) is 0 Å². The van der Waals surface area contributed by atoms with E-state index in [0.717, 1.165) is 0 Å². The molecule has 1 aliphatic heterocycles. The second-order valence-corrected chi connectivity index (χ2v) is 6.62. The molecule has 23 heavy (non-hydrogen) atoms. The van der Waals surface area contributed by atoms with Gasteiger partial charge in [-0.1, -0.05) is 12.1 Å². The Labute approximate surface area is 135 Å². The summed E-state index contributed by atoms with van der Waals surface area (Å²) in [6, 6.07) is 4.77. The monoisotopic (exact) mass is 315 g/mol. The van der Waals surface area contributed by atoms with Gasteiger partial charge in [0.2, 0.25) is 0 Å². The van der Waals surface area contributed by atoms with E-state index in [-0.39, 0.29) is 5.82 Å². The van der Waals surface area contributed by atoms with Gasteiger partial charge in [0, 0.05) is 18.0 Å². The molecule has 3 rings (SSSR count). The van der Waals surface area contributed by atoms with Gasteiger partial charge in [-0.15, -0.1) is 0 Å². The molecule has 0 unspecified atom stereocenters. The minimum Gasteiger partial charge on any atom is -0.399 e. The van der Waals surface area contributed by atoms with Crippen LogP contribution in [0.15, 0.2) is 30.6 Å². The minimum absolute atomic E-state index is 0.190. The van der Waals surface area contributed by atoms with Gasteiger partial charge in [0.1, 0.15) is 17.3 Å². The molecule has 0 bridgehead atoms. The molecule has 2 N–H and O–H groups in total. The van der Waals surface area contributed by atoms with Gasteiger partial charge in [-0.25, -0.2) is 9.37 Å². The Bertz CT molecular complexity index is 736. The maximum Gasteiger partial charge on any atom is 0.494 e. The Balaban J connectivity index is 1.94. The van der Waals surface area contributed by atoms with Crippen LogP contribution in [0, 0.1) is 5.82 Å². The molecule has 7 heteroatoms. The topological polar surface area (TPSA) is 70.3 Å². The Morgan fingerprint density at radius 3 is 2.22 bits per heavy atom. The third kappa shape index (κ3) is 2.70. The number of nitrogen functional groups attached to an aromatic ring is 1. The van der Waals surface area contributed by atoms with Crippen LogP contribution in [0.25, 0.3) is 11.3 Å². The normalized spacial score (nSPS) is 19.1. The number of halogens is 1. The molecular weight excluding hydrogens is 296 g/mol. The van der Waals surface area contributed by atoms with Crippen molar-refractivity contribution in [3.63, 3.8) is 0 Å². The van der Waals surface area contributed by atoms with E-state index in [0.29, 0.717) is 16.7 Å². The number of nitrogens with zero attached hydrogens (tertiary/aromatic N) is 2. The molecule has 120 valence electrons. The second-order valence-electron chi connectivity index (χ2n) is 6.62. The SMILES string of the molecule is CC1(C)OB(c2ccc(-c3nccnc3N)c(F)c2)OC1(C)C. The molecule has 0 spiro atoms. The van der Waals surface area contributed by atoms with E-state index < -0.39 is 24.1 Å². The largest absolute Gasteiger partial charge is 0.494 e. The molecule has 2 heterocycles. The summed E-state index contributed by atoms with van der Waals surface area (Å²) < 4.78 is 26.4. The zero-order chi connectivity index (χ0) is 16.8. The lowest BCUT2D eigenvalue weighted by Crippen LogP contribution is -2.41. The van der Waals surface area contributed by atoms with Crippen LogP contribution in [-0.4, -0.2) is 28.3 Å². The molecule has 2 aromatic rings. The Kier molecular flexibility index (Phi) is 3.65. The minimum atomic E-state index is -0.609. The average molecular weight is 315 g/mol. The fraction of sp³-hybridized carbons (Fsp3) is 0.375. The molecule has 5 nitrogen and oxygen atoms in total. The van der Waals surface area contributed by atoms with E-state index >= 15 is 0 Å². The van der Waals surface area contributed by atoms with Crippen molar-refractivity contribution in [3.8, 4) is 11.3 Å². The number of hydrogen-bond acceptors (Lipinski definition) is 5. The smallest absolute Gasteiger partial charge is 0.399 e. The van der Waals surface area contributed by atoms with Crippen molar-refractivity contribution in [1.82, 2.24) is 9.97 Å². The standard InChI is InChI=1S/C16H19BFN3O2/c1-15(2)16(3,4)23-17(22-15)10-5-6-11(12(18)9-10)13-14(19)21-8-7-20-13/h5-9H,1-4H3,(H2,19,21). The summed E-state index contributed by atoms with van der Waals surface area (Å²) in [7, 11) is -0.609. The van der Waals surface area contributed by atoms with Gasteiger partial charge in [0.05, 0.1) is 11.2 Å². The van der Waals surface area contributed by atoms with E-state index in [1.54, 1.807) is 12.1 Å². The van der Waals surface area contributed by atoms with Crippen LogP contribution in [0.4, 0.5) is 10.2 Å². The number of anilines is 1. The van der Waals surface area contributed by atoms with Crippen LogP contribution >= 0.6 is 0 Å². The highest BCUT2D eigenvalue weighted by Gasteiger charge is 2.51. The highest BCUT2D eigenvalue weighted by Crippen LogP contribution is 2.36. The van der Waals surface area contributed by atoms with Crippen LogP contribution in [0.1, 0.15) is 27.7 Å². The van der Waals surface area contributed by atoms with Crippen LogP contribution in [0.2, 0.25) is 0 Å². The molecule has 1 aliphatic rings. The van der Waals surface area contributed by atoms with Crippen LogP contribution in [-0.2, 0) is 9.31 Å². The van der Waals surface area contributed by atoms with Gasteiger partial charge in [-0.05, 0) is 39.2 Å². The fourth-order valence-electron chi connectivity index (χ4n) is 2.41. The third-order valence-corrected chi connectivity index (χ3v) is 4.50. The van der Waals surface area contributed by atoms with Crippen LogP contribution in [0.5, 0.6) is 0 Å². The van der Waals surface area contributed by atoms with Crippen molar-refractivity contribution in [1.29, 1.82) is 0 Å². The number of aromatic nitrogens is 2. The van der Waals surface area contributed by atoms with Crippen molar-refractivity contribution in [2.24, 2.45) is 0 Å². The van der Waals surface area contributed by atoms with Gasteiger partial charge in [-0.2, -0.15) is 0 Å². The molecule has 0 saturated carbocycles. The molecule has 1 fully saturated rings. The molecule has 0 aliphatic carbocycles. The summed E-state index contributed by atoms with van der Waals surface area (Å²) in [4.78, 5) is 8.03. The number of benzene rings is 1. The molecule has 1 aromatic carbocycles. The summed E-state index contributed by atoms with van der Waals surface area (Å²) in [6.07, 6.45) is 2.95. The summed E-state index contributed by atoms with van der Waals surface area (Å²) in [5, 5.41) is 0. The van der Waals surface area contributed by atoms with Crippen molar-refractivity contribution < 1.29 is 13.7 Å². The summed E-state index contributed by atoms with van der Waals surface area (Å²) >= 11 is 0. The lowest BCUT2D eigenvalue weighted by molar-refractivity contribution is 0.00578. The summed E-state index contributed by atoms with van der Waals surface area (Å²) in [5.74, 6) is -0.251. The highest BCUT2D eigenvalue weighted by atomic mass is 19.1. The molecule has 0 amide bonds. The first-order valence-electron chi connectivity index (χ1n) is 7.43. The third-order valence-electron chi connectivity index (χ3n) is 4.50. The summed E-state index contributed by atoms with van der Waals surface area (Å²) in [6.45, 7) is 7.83. The zero-order valence-electron chi connectivity index (χ0n) is 13.6. The van der Waals surface area contributed by atoms with E-state index in [1.807, 2.05) is 27.7 Å². The maximum atomic E-state index is 14.5. The van der Waals surface area contributed by atoms with E-state index in [1.165, 1.54) is 18.5 Å². The molecular formula is C16H19BFN3O2. The zero-order valence-corrected chi connectivity index (χ0v) is 13.6.